The lowest BCUT2D eigenvalue weighted by molar-refractivity contribution is -0.142. The third kappa shape index (κ3) is 5.35. The van der Waals surface area contributed by atoms with Crippen LogP contribution in [-0.2, 0) is 10.2 Å². The zero-order valence-corrected chi connectivity index (χ0v) is 17.5. The maximum absolute atomic E-state index is 12.9. The van der Waals surface area contributed by atoms with Gasteiger partial charge >= 0.3 is 0 Å². The van der Waals surface area contributed by atoms with Gasteiger partial charge in [-0.15, -0.1) is 0 Å². The fourth-order valence-corrected chi connectivity index (χ4v) is 3.19. The minimum absolute atomic E-state index is 0.0214. The molecule has 0 N–H and O–H groups in total. The summed E-state index contributed by atoms with van der Waals surface area (Å²) in [5, 5.41) is 0. The van der Waals surface area contributed by atoms with Gasteiger partial charge in [-0.25, -0.2) is 0 Å². The minimum atomic E-state index is -0.445. The van der Waals surface area contributed by atoms with E-state index in [0.29, 0.717) is 0 Å². The molecule has 0 aliphatic heterocycles. The van der Waals surface area contributed by atoms with Crippen molar-refractivity contribution in [2.24, 2.45) is 5.92 Å². The number of ether oxygens (including phenoxy) is 1. The fourth-order valence-electron chi connectivity index (χ4n) is 3.19. The van der Waals surface area contributed by atoms with Crippen LogP contribution in [0.1, 0.15) is 64.8 Å². The SMILES string of the molecule is CCC(CC)C(=O)N(C)C(Oc1ccc(C(C)(C)C)cc1)c1ccccc1. The molecule has 146 valence electrons. The van der Waals surface area contributed by atoms with E-state index in [9.17, 15) is 4.79 Å². The Kier molecular flexibility index (Phi) is 7.06. The molecular formula is C24H33NO2. The predicted molar refractivity (Wildman–Crippen MR) is 112 cm³/mol. The van der Waals surface area contributed by atoms with Crippen molar-refractivity contribution in [1.82, 2.24) is 4.90 Å². The number of carbonyl (C=O) groups excluding carboxylic acids is 1. The first kappa shape index (κ1) is 21.0. The molecule has 0 aliphatic carbocycles. The third-order valence-corrected chi connectivity index (χ3v) is 5.09. The number of benzene rings is 2. The fraction of sp³-hybridized carbons (Fsp3) is 0.458. The van der Waals surface area contributed by atoms with E-state index in [0.717, 1.165) is 24.2 Å². The van der Waals surface area contributed by atoms with Gasteiger partial charge in [0, 0.05) is 18.5 Å². The second kappa shape index (κ2) is 9.07. The smallest absolute Gasteiger partial charge is 0.228 e. The highest BCUT2D eigenvalue weighted by molar-refractivity contribution is 5.78. The number of nitrogens with zero attached hydrogens (tertiary/aromatic N) is 1. The van der Waals surface area contributed by atoms with Gasteiger partial charge in [-0.2, -0.15) is 0 Å². The van der Waals surface area contributed by atoms with Crippen LogP contribution in [-0.4, -0.2) is 17.9 Å². The summed E-state index contributed by atoms with van der Waals surface area (Å²) < 4.78 is 6.30. The lowest BCUT2D eigenvalue weighted by Crippen LogP contribution is -2.38. The Hall–Kier alpha value is -2.29. The van der Waals surface area contributed by atoms with E-state index >= 15 is 0 Å². The Labute approximate surface area is 164 Å². The van der Waals surface area contributed by atoms with Crippen LogP contribution in [0.15, 0.2) is 54.6 Å². The first-order valence-electron chi connectivity index (χ1n) is 9.86. The molecule has 0 spiro atoms. The van der Waals surface area contributed by atoms with Gasteiger partial charge in [0.25, 0.3) is 0 Å². The normalized spacial score (nSPS) is 12.7. The second-order valence-corrected chi connectivity index (χ2v) is 8.12. The molecule has 0 aromatic heterocycles. The molecule has 0 saturated carbocycles. The van der Waals surface area contributed by atoms with Crippen molar-refractivity contribution in [3.8, 4) is 5.75 Å². The van der Waals surface area contributed by atoms with Gasteiger partial charge in [-0.1, -0.05) is 77.1 Å². The first-order chi connectivity index (χ1) is 12.8. The summed E-state index contributed by atoms with van der Waals surface area (Å²) in [6.07, 6.45) is 1.22. The summed E-state index contributed by atoms with van der Waals surface area (Å²) in [4.78, 5) is 14.7. The quantitative estimate of drug-likeness (QED) is 0.565. The standard InChI is InChI=1S/C24H33NO2/c1-7-18(8-2)22(26)25(6)23(19-12-10-9-11-13-19)27-21-16-14-20(15-17-21)24(3,4)5/h9-18,23H,7-8H2,1-6H3. The molecule has 2 aromatic rings. The molecule has 3 heteroatoms. The monoisotopic (exact) mass is 367 g/mol. The van der Waals surface area contributed by atoms with E-state index in [4.69, 9.17) is 4.74 Å². The Morgan fingerprint density at radius 1 is 0.963 bits per heavy atom. The van der Waals surface area contributed by atoms with Gasteiger partial charge in [-0.05, 0) is 36.0 Å². The van der Waals surface area contributed by atoms with Crippen molar-refractivity contribution in [2.75, 3.05) is 7.05 Å². The average molecular weight is 368 g/mol. The van der Waals surface area contributed by atoms with Crippen molar-refractivity contribution < 1.29 is 9.53 Å². The first-order valence-corrected chi connectivity index (χ1v) is 9.86. The molecule has 0 aliphatic rings. The highest BCUT2D eigenvalue weighted by Gasteiger charge is 2.27. The van der Waals surface area contributed by atoms with Gasteiger partial charge in [-0.3, -0.25) is 4.79 Å². The van der Waals surface area contributed by atoms with Gasteiger partial charge in [0.05, 0.1) is 0 Å². The van der Waals surface area contributed by atoms with Crippen LogP contribution in [0.2, 0.25) is 0 Å². The third-order valence-electron chi connectivity index (χ3n) is 5.09. The summed E-state index contributed by atoms with van der Waals surface area (Å²) in [6, 6.07) is 18.1. The highest BCUT2D eigenvalue weighted by atomic mass is 16.5. The van der Waals surface area contributed by atoms with Crippen LogP contribution in [0.4, 0.5) is 0 Å². The number of carbonyl (C=O) groups is 1. The van der Waals surface area contributed by atoms with Crippen LogP contribution in [0, 0.1) is 5.92 Å². The van der Waals surface area contributed by atoms with Crippen LogP contribution in [0.25, 0.3) is 0 Å². The van der Waals surface area contributed by atoms with Crippen molar-refractivity contribution in [2.45, 2.75) is 59.1 Å². The van der Waals surface area contributed by atoms with Gasteiger partial charge < -0.3 is 9.64 Å². The lowest BCUT2D eigenvalue weighted by atomic mass is 9.87. The molecule has 2 aromatic carbocycles. The van der Waals surface area contributed by atoms with E-state index in [1.165, 1.54) is 5.56 Å². The Balaban J connectivity index is 2.30. The van der Waals surface area contributed by atoms with E-state index < -0.39 is 6.23 Å². The van der Waals surface area contributed by atoms with Crippen LogP contribution in [0.5, 0.6) is 5.75 Å². The van der Waals surface area contributed by atoms with Crippen LogP contribution >= 0.6 is 0 Å². The summed E-state index contributed by atoms with van der Waals surface area (Å²) in [7, 11) is 1.84. The molecule has 0 fully saturated rings. The molecule has 3 nitrogen and oxygen atoms in total. The summed E-state index contributed by atoms with van der Waals surface area (Å²) in [5.41, 5.74) is 2.33. The molecule has 27 heavy (non-hydrogen) atoms. The van der Waals surface area contributed by atoms with Gasteiger partial charge in [0.1, 0.15) is 5.75 Å². The summed E-state index contributed by atoms with van der Waals surface area (Å²) in [5.74, 6) is 0.911. The summed E-state index contributed by atoms with van der Waals surface area (Å²) >= 11 is 0. The molecule has 1 amide bonds. The molecule has 1 atom stereocenters. The van der Waals surface area contributed by atoms with Crippen LogP contribution < -0.4 is 4.74 Å². The zero-order chi connectivity index (χ0) is 20.0. The van der Waals surface area contributed by atoms with Gasteiger partial charge in [0.2, 0.25) is 12.1 Å². The Bertz CT molecular complexity index is 712. The zero-order valence-electron chi connectivity index (χ0n) is 17.5. The topological polar surface area (TPSA) is 29.5 Å². The average Bonchev–Trinajstić information content (AvgIpc) is 2.66. The Morgan fingerprint density at radius 2 is 1.52 bits per heavy atom. The van der Waals surface area contributed by atoms with E-state index in [1.807, 2.05) is 49.5 Å². The van der Waals surface area contributed by atoms with E-state index in [-0.39, 0.29) is 17.2 Å². The van der Waals surface area contributed by atoms with Crippen molar-refractivity contribution in [1.29, 1.82) is 0 Å². The number of hydrogen-bond donors (Lipinski definition) is 0. The minimum Gasteiger partial charge on any atom is -0.466 e. The molecule has 2 rings (SSSR count). The van der Waals surface area contributed by atoms with E-state index in [2.05, 4.69) is 46.8 Å². The number of hydrogen-bond acceptors (Lipinski definition) is 2. The highest BCUT2D eigenvalue weighted by Crippen LogP contribution is 2.29. The molecular weight excluding hydrogens is 334 g/mol. The maximum Gasteiger partial charge on any atom is 0.228 e. The molecule has 0 saturated heterocycles. The number of rotatable bonds is 7. The van der Waals surface area contributed by atoms with Crippen molar-refractivity contribution >= 4 is 5.91 Å². The molecule has 0 radical (unpaired) electrons. The molecule has 0 heterocycles. The van der Waals surface area contributed by atoms with Crippen LogP contribution in [0.3, 0.4) is 0 Å². The molecule has 0 bridgehead atoms. The Morgan fingerprint density at radius 3 is 2.00 bits per heavy atom. The second-order valence-electron chi connectivity index (χ2n) is 8.12. The maximum atomic E-state index is 12.9. The summed E-state index contributed by atoms with van der Waals surface area (Å²) in [6.45, 7) is 10.7. The predicted octanol–water partition coefficient (Wildman–Crippen LogP) is 5.96. The molecule has 1 unspecified atom stereocenters. The number of amides is 1. The van der Waals surface area contributed by atoms with E-state index in [1.54, 1.807) is 4.90 Å². The largest absolute Gasteiger partial charge is 0.466 e. The lowest BCUT2D eigenvalue weighted by Gasteiger charge is -2.31. The van der Waals surface area contributed by atoms with Crippen molar-refractivity contribution in [3.63, 3.8) is 0 Å². The van der Waals surface area contributed by atoms with Crippen molar-refractivity contribution in [3.05, 3.63) is 65.7 Å². The van der Waals surface area contributed by atoms with Gasteiger partial charge in [0.15, 0.2) is 0 Å².